The summed E-state index contributed by atoms with van der Waals surface area (Å²) in [6, 6.07) is 17.2. The van der Waals surface area contributed by atoms with Crippen molar-refractivity contribution >= 4 is 23.7 Å². The van der Waals surface area contributed by atoms with Crippen LogP contribution in [0.25, 0.3) is 5.69 Å². The molecule has 5 nitrogen and oxygen atoms in total. The minimum absolute atomic E-state index is 0.154. The SMILES string of the molecule is COc1ccc(-n2c(C)cc(/C=N\NC(=O)Cc3ccccc3)c2C)cc1Cl. The van der Waals surface area contributed by atoms with Crippen LogP contribution >= 0.6 is 11.6 Å². The fourth-order valence-electron chi connectivity index (χ4n) is 3.10. The molecule has 0 bridgehead atoms. The van der Waals surface area contributed by atoms with Gasteiger partial charge in [-0.3, -0.25) is 4.79 Å². The summed E-state index contributed by atoms with van der Waals surface area (Å²) in [6.07, 6.45) is 1.95. The van der Waals surface area contributed by atoms with Gasteiger partial charge in [-0.05, 0) is 43.7 Å². The van der Waals surface area contributed by atoms with Gasteiger partial charge in [0.05, 0.1) is 24.8 Å². The Hall–Kier alpha value is -3.05. The molecule has 0 aliphatic rings. The lowest BCUT2D eigenvalue weighted by molar-refractivity contribution is -0.120. The number of methoxy groups -OCH3 is 1. The van der Waals surface area contributed by atoms with E-state index in [0.717, 1.165) is 28.2 Å². The molecule has 0 aliphatic heterocycles. The van der Waals surface area contributed by atoms with Crippen molar-refractivity contribution in [3.05, 3.63) is 82.1 Å². The first kappa shape index (κ1) is 19.7. The number of carbonyl (C=O) groups excluding carboxylic acids is 1. The summed E-state index contributed by atoms with van der Waals surface area (Å²) in [7, 11) is 1.59. The predicted molar refractivity (Wildman–Crippen MR) is 113 cm³/mol. The molecule has 1 aromatic heterocycles. The average molecular weight is 396 g/mol. The number of hydrogen-bond donors (Lipinski definition) is 1. The lowest BCUT2D eigenvalue weighted by atomic mass is 10.1. The van der Waals surface area contributed by atoms with E-state index in [-0.39, 0.29) is 5.91 Å². The van der Waals surface area contributed by atoms with Crippen LogP contribution in [0.1, 0.15) is 22.5 Å². The van der Waals surface area contributed by atoms with Crippen LogP contribution in [-0.4, -0.2) is 23.8 Å². The zero-order valence-corrected chi connectivity index (χ0v) is 16.8. The zero-order valence-electron chi connectivity index (χ0n) is 16.1. The first-order chi connectivity index (χ1) is 13.5. The van der Waals surface area contributed by atoms with Crippen molar-refractivity contribution in [2.75, 3.05) is 7.11 Å². The van der Waals surface area contributed by atoms with Gasteiger partial charge >= 0.3 is 0 Å². The van der Waals surface area contributed by atoms with Crippen LogP contribution in [0.4, 0.5) is 0 Å². The van der Waals surface area contributed by atoms with E-state index in [1.54, 1.807) is 13.3 Å². The molecule has 1 heterocycles. The van der Waals surface area contributed by atoms with Crippen molar-refractivity contribution in [2.24, 2.45) is 5.10 Å². The highest BCUT2D eigenvalue weighted by molar-refractivity contribution is 6.32. The lowest BCUT2D eigenvalue weighted by Crippen LogP contribution is -2.19. The third-order valence-corrected chi connectivity index (χ3v) is 4.76. The van der Waals surface area contributed by atoms with Gasteiger partial charge in [0, 0.05) is 22.6 Å². The average Bonchev–Trinajstić information content (AvgIpc) is 2.96. The van der Waals surface area contributed by atoms with E-state index in [2.05, 4.69) is 15.1 Å². The molecular formula is C22H22ClN3O2. The van der Waals surface area contributed by atoms with Crippen LogP contribution < -0.4 is 10.2 Å². The summed E-state index contributed by atoms with van der Waals surface area (Å²) in [5, 5.41) is 4.66. The van der Waals surface area contributed by atoms with Gasteiger partial charge in [0.25, 0.3) is 0 Å². The number of ether oxygens (including phenoxy) is 1. The highest BCUT2D eigenvalue weighted by Crippen LogP contribution is 2.28. The number of hydrogen-bond acceptors (Lipinski definition) is 3. The van der Waals surface area contributed by atoms with E-state index < -0.39 is 0 Å². The van der Waals surface area contributed by atoms with E-state index >= 15 is 0 Å². The summed E-state index contributed by atoms with van der Waals surface area (Å²) in [6.45, 7) is 4.01. The summed E-state index contributed by atoms with van der Waals surface area (Å²) in [4.78, 5) is 12.0. The predicted octanol–water partition coefficient (Wildman–Crippen LogP) is 4.45. The van der Waals surface area contributed by atoms with E-state index in [4.69, 9.17) is 16.3 Å². The molecule has 0 atom stereocenters. The lowest BCUT2D eigenvalue weighted by Gasteiger charge is -2.11. The third kappa shape index (κ3) is 4.43. The Morgan fingerprint density at radius 2 is 1.93 bits per heavy atom. The quantitative estimate of drug-likeness (QED) is 0.495. The molecule has 0 saturated carbocycles. The normalized spacial score (nSPS) is 11.0. The summed E-state index contributed by atoms with van der Waals surface area (Å²) < 4.78 is 7.30. The van der Waals surface area contributed by atoms with Crippen molar-refractivity contribution in [2.45, 2.75) is 20.3 Å². The first-order valence-electron chi connectivity index (χ1n) is 8.88. The van der Waals surface area contributed by atoms with E-state index in [9.17, 15) is 4.79 Å². The van der Waals surface area contributed by atoms with Gasteiger partial charge in [0.2, 0.25) is 5.91 Å². The monoisotopic (exact) mass is 395 g/mol. The smallest absolute Gasteiger partial charge is 0.244 e. The molecule has 0 radical (unpaired) electrons. The maximum atomic E-state index is 12.0. The molecule has 1 N–H and O–H groups in total. The summed E-state index contributed by atoms with van der Waals surface area (Å²) in [5.74, 6) is 0.481. The second-order valence-corrected chi connectivity index (χ2v) is 6.84. The fraction of sp³-hybridized carbons (Fsp3) is 0.182. The van der Waals surface area contributed by atoms with Gasteiger partial charge in [0.15, 0.2) is 0 Å². The van der Waals surface area contributed by atoms with Crippen LogP contribution in [0, 0.1) is 13.8 Å². The van der Waals surface area contributed by atoms with Crippen LogP contribution in [0.15, 0.2) is 59.7 Å². The second kappa shape index (κ2) is 8.76. The highest BCUT2D eigenvalue weighted by Gasteiger charge is 2.11. The first-order valence-corrected chi connectivity index (χ1v) is 9.26. The number of hydrazone groups is 1. The molecule has 0 unspecified atom stereocenters. The molecule has 3 rings (SSSR count). The molecule has 144 valence electrons. The minimum atomic E-state index is -0.154. The number of nitrogens with zero attached hydrogens (tertiary/aromatic N) is 2. The second-order valence-electron chi connectivity index (χ2n) is 6.44. The molecule has 0 saturated heterocycles. The number of rotatable bonds is 6. The summed E-state index contributed by atoms with van der Waals surface area (Å²) >= 11 is 6.26. The standard InChI is InChI=1S/C22H22ClN3O2/c1-15-11-18(14-24-25-22(27)12-17-7-5-4-6-8-17)16(2)26(15)19-9-10-21(28-3)20(23)13-19/h4-11,13-14H,12H2,1-3H3,(H,25,27)/b24-14-. The van der Waals surface area contributed by atoms with E-state index in [0.29, 0.717) is 17.2 Å². The Morgan fingerprint density at radius 1 is 1.18 bits per heavy atom. The third-order valence-electron chi connectivity index (χ3n) is 4.46. The molecule has 3 aromatic rings. The van der Waals surface area contributed by atoms with Crippen molar-refractivity contribution in [3.8, 4) is 11.4 Å². The van der Waals surface area contributed by atoms with Gasteiger partial charge in [-0.15, -0.1) is 0 Å². The van der Waals surface area contributed by atoms with Crippen LogP contribution in [0.2, 0.25) is 5.02 Å². The topological polar surface area (TPSA) is 55.6 Å². The molecule has 0 spiro atoms. The van der Waals surface area contributed by atoms with Crippen molar-refractivity contribution in [3.63, 3.8) is 0 Å². The van der Waals surface area contributed by atoms with Gasteiger partial charge in [-0.2, -0.15) is 5.10 Å². The van der Waals surface area contributed by atoms with Gasteiger partial charge in [-0.25, -0.2) is 5.43 Å². The van der Waals surface area contributed by atoms with Gasteiger partial charge < -0.3 is 9.30 Å². The number of amides is 1. The van der Waals surface area contributed by atoms with Crippen molar-refractivity contribution < 1.29 is 9.53 Å². The zero-order chi connectivity index (χ0) is 20.1. The minimum Gasteiger partial charge on any atom is -0.495 e. The van der Waals surface area contributed by atoms with Crippen LogP contribution in [0.3, 0.4) is 0 Å². The number of carbonyl (C=O) groups is 1. The Morgan fingerprint density at radius 3 is 2.61 bits per heavy atom. The molecule has 6 heteroatoms. The Bertz CT molecular complexity index is 1010. The fourth-order valence-corrected chi connectivity index (χ4v) is 3.36. The van der Waals surface area contributed by atoms with Gasteiger partial charge in [-0.1, -0.05) is 41.9 Å². The molecule has 0 aliphatic carbocycles. The molecule has 0 fully saturated rings. The maximum absolute atomic E-state index is 12.0. The molecule has 2 aromatic carbocycles. The van der Waals surface area contributed by atoms with Crippen molar-refractivity contribution in [1.82, 2.24) is 9.99 Å². The number of aryl methyl sites for hydroxylation is 1. The van der Waals surface area contributed by atoms with Crippen molar-refractivity contribution in [1.29, 1.82) is 0 Å². The van der Waals surface area contributed by atoms with E-state index in [1.807, 2.05) is 68.4 Å². The number of nitrogens with one attached hydrogen (secondary N) is 1. The van der Waals surface area contributed by atoms with E-state index in [1.165, 1.54) is 0 Å². The molecule has 1 amide bonds. The Kier molecular flexibility index (Phi) is 6.16. The highest BCUT2D eigenvalue weighted by atomic mass is 35.5. The van der Waals surface area contributed by atoms with Crippen LogP contribution in [-0.2, 0) is 11.2 Å². The Labute approximate surface area is 169 Å². The largest absolute Gasteiger partial charge is 0.495 e. The maximum Gasteiger partial charge on any atom is 0.244 e. The number of halogens is 1. The number of benzene rings is 2. The summed E-state index contributed by atoms with van der Waals surface area (Å²) in [5.41, 5.74) is 7.43. The molecule has 28 heavy (non-hydrogen) atoms. The van der Waals surface area contributed by atoms with Crippen LogP contribution in [0.5, 0.6) is 5.75 Å². The molecular weight excluding hydrogens is 374 g/mol. The Balaban J connectivity index is 1.73. The number of aromatic nitrogens is 1. The van der Waals surface area contributed by atoms with Gasteiger partial charge in [0.1, 0.15) is 5.75 Å².